The molecule has 0 radical (unpaired) electrons. The van der Waals surface area contributed by atoms with Crippen LogP contribution in [-0.2, 0) is 0 Å². The van der Waals surface area contributed by atoms with Crippen LogP contribution in [0.15, 0.2) is 41.0 Å². The molecule has 0 bridgehead atoms. The Balaban J connectivity index is 1.63. The van der Waals surface area contributed by atoms with Gasteiger partial charge in [-0.1, -0.05) is 0 Å². The van der Waals surface area contributed by atoms with E-state index in [2.05, 4.69) is 10.2 Å². The number of rotatable bonds is 4. The summed E-state index contributed by atoms with van der Waals surface area (Å²) in [6.45, 7) is 3.54. The lowest BCUT2D eigenvalue weighted by molar-refractivity contribution is 0.0792. The van der Waals surface area contributed by atoms with Crippen LogP contribution in [0.4, 0.5) is 11.4 Å². The zero-order chi connectivity index (χ0) is 17.9. The van der Waals surface area contributed by atoms with Crippen molar-refractivity contribution in [1.29, 1.82) is 0 Å². The minimum Gasteiger partial charge on any atom is -0.459 e. The highest BCUT2D eigenvalue weighted by Gasteiger charge is 2.23. The second kappa shape index (κ2) is 7.23. The number of carbonyl (C=O) groups excluding carboxylic acids is 2. The normalized spacial score (nSPS) is 16.9. The molecule has 6 heteroatoms. The van der Waals surface area contributed by atoms with Gasteiger partial charge in [0.1, 0.15) is 0 Å². The zero-order valence-corrected chi connectivity index (χ0v) is 14.7. The molecular formula is C20H23N3O3. The van der Waals surface area contributed by atoms with Gasteiger partial charge in [-0.05, 0) is 56.0 Å². The smallest absolute Gasteiger partial charge is 0.291 e. The number of furan rings is 1. The fourth-order valence-corrected chi connectivity index (χ4v) is 3.70. The first-order chi connectivity index (χ1) is 12.7. The monoisotopic (exact) mass is 353 g/mol. The summed E-state index contributed by atoms with van der Waals surface area (Å²) in [7, 11) is 0. The summed E-state index contributed by atoms with van der Waals surface area (Å²) < 4.78 is 5.19. The molecule has 2 aromatic rings. The average Bonchev–Trinajstić information content (AvgIpc) is 3.44. The summed E-state index contributed by atoms with van der Waals surface area (Å²) in [5.74, 6) is -0.0150. The molecule has 0 atom stereocenters. The van der Waals surface area contributed by atoms with E-state index in [0.29, 0.717) is 11.3 Å². The van der Waals surface area contributed by atoms with Crippen molar-refractivity contribution in [2.45, 2.75) is 25.7 Å². The second-order valence-electron chi connectivity index (χ2n) is 6.86. The number of anilines is 2. The number of hydrogen-bond donors (Lipinski definition) is 1. The van der Waals surface area contributed by atoms with Gasteiger partial charge in [-0.15, -0.1) is 0 Å². The topological polar surface area (TPSA) is 65.8 Å². The molecule has 26 heavy (non-hydrogen) atoms. The molecule has 0 saturated carbocycles. The fraction of sp³-hybridized carbons (Fsp3) is 0.400. The number of nitrogens with one attached hydrogen (secondary N) is 1. The van der Waals surface area contributed by atoms with Crippen LogP contribution in [0.25, 0.3) is 0 Å². The quantitative estimate of drug-likeness (QED) is 0.915. The standard InChI is InChI=1S/C20H23N3O3/c24-19(18-6-5-13-26-18)21-16-14-15(20(25)23-11-3-4-12-23)7-8-17(16)22-9-1-2-10-22/h5-8,13-14H,1-4,9-12H2,(H,21,24). The van der Waals surface area contributed by atoms with E-state index in [1.165, 1.54) is 6.26 Å². The summed E-state index contributed by atoms with van der Waals surface area (Å²) in [4.78, 5) is 29.3. The van der Waals surface area contributed by atoms with E-state index >= 15 is 0 Å². The maximum Gasteiger partial charge on any atom is 0.291 e. The van der Waals surface area contributed by atoms with E-state index in [4.69, 9.17) is 4.42 Å². The van der Waals surface area contributed by atoms with Crippen LogP contribution in [0, 0.1) is 0 Å². The Morgan fingerprint density at radius 2 is 1.69 bits per heavy atom. The number of likely N-dealkylation sites (tertiary alicyclic amines) is 1. The fourth-order valence-electron chi connectivity index (χ4n) is 3.70. The summed E-state index contributed by atoms with van der Waals surface area (Å²) >= 11 is 0. The van der Waals surface area contributed by atoms with E-state index in [1.54, 1.807) is 18.2 Å². The van der Waals surface area contributed by atoms with Crippen LogP contribution >= 0.6 is 0 Å². The van der Waals surface area contributed by atoms with Crippen molar-refractivity contribution in [3.63, 3.8) is 0 Å². The Kier molecular flexibility index (Phi) is 4.65. The minimum atomic E-state index is -0.304. The lowest BCUT2D eigenvalue weighted by Gasteiger charge is -2.23. The van der Waals surface area contributed by atoms with E-state index < -0.39 is 0 Å². The molecular weight excluding hydrogens is 330 g/mol. The van der Waals surface area contributed by atoms with Crippen LogP contribution in [0.3, 0.4) is 0 Å². The Morgan fingerprint density at radius 1 is 0.962 bits per heavy atom. The van der Waals surface area contributed by atoms with E-state index in [1.807, 2.05) is 17.0 Å². The van der Waals surface area contributed by atoms with Gasteiger partial charge in [0.05, 0.1) is 17.6 Å². The predicted molar refractivity (Wildman–Crippen MR) is 99.7 cm³/mol. The number of nitrogens with zero attached hydrogens (tertiary/aromatic N) is 2. The molecule has 0 aliphatic carbocycles. The lowest BCUT2D eigenvalue weighted by Crippen LogP contribution is -2.28. The van der Waals surface area contributed by atoms with Crippen molar-refractivity contribution in [3.05, 3.63) is 47.9 Å². The molecule has 2 saturated heterocycles. The van der Waals surface area contributed by atoms with Crippen molar-refractivity contribution in [2.75, 3.05) is 36.4 Å². The maximum atomic E-state index is 12.7. The molecule has 2 aliphatic heterocycles. The average molecular weight is 353 g/mol. The van der Waals surface area contributed by atoms with Crippen molar-refractivity contribution in [3.8, 4) is 0 Å². The summed E-state index contributed by atoms with van der Waals surface area (Å²) in [6.07, 6.45) is 5.86. The van der Waals surface area contributed by atoms with Crippen LogP contribution in [-0.4, -0.2) is 42.9 Å². The Morgan fingerprint density at radius 3 is 2.38 bits per heavy atom. The molecule has 6 nitrogen and oxygen atoms in total. The van der Waals surface area contributed by atoms with Gasteiger partial charge in [0.2, 0.25) is 0 Å². The van der Waals surface area contributed by atoms with Crippen LogP contribution < -0.4 is 10.2 Å². The van der Waals surface area contributed by atoms with Gasteiger partial charge in [0, 0.05) is 31.7 Å². The van der Waals surface area contributed by atoms with Crippen molar-refractivity contribution >= 4 is 23.2 Å². The molecule has 0 spiro atoms. The lowest BCUT2D eigenvalue weighted by atomic mass is 10.1. The van der Waals surface area contributed by atoms with Crippen LogP contribution in [0.1, 0.15) is 46.6 Å². The summed E-state index contributed by atoms with van der Waals surface area (Å²) in [5, 5.41) is 2.93. The van der Waals surface area contributed by atoms with Gasteiger partial charge in [-0.25, -0.2) is 0 Å². The zero-order valence-electron chi connectivity index (χ0n) is 14.7. The maximum absolute atomic E-state index is 12.7. The van der Waals surface area contributed by atoms with Gasteiger partial charge in [0.25, 0.3) is 11.8 Å². The molecule has 2 fully saturated rings. The van der Waals surface area contributed by atoms with Crippen LogP contribution in [0.2, 0.25) is 0 Å². The van der Waals surface area contributed by atoms with Gasteiger partial charge in [-0.3, -0.25) is 9.59 Å². The van der Waals surface area contributed by atoms with Gasteiger partial charge < -0.3 is 19.5 Å². The predicted octanol–water partition coefficient (Wildman–Crippen LogP) is 3.37. The third-order valence-electron chi connectivity index (χ3n) is 5.08. The number of benzene rings is 1. The molecule has 3 heterocycles. The molecule has 2 aliphatic rings. The first-order valence-electron chi connectivity index (χ1n) is 9.25. The molecule has 136 valence electrons. The first-order valence-corrected chi connectivity index (χ1v) is 9.25. The minimum absolute atomic E-state index is 0.0315. The summed E-state index contributed by atoms with van der Waals surface area (Å²) in [6, 6.07) is 8.94. The Hall–Kier alpha value is -2.76. The molecule has 1 N–H and O–H groups in total. The molecule has 4 rings (SSSR count). The van der Waals surface area contributed by atoms with Gasteiger partial charge in [0.15, 0.2) is 5.76 Å². The number of hydrogen-bond acceptors (Lipinski definition) is 4. The van der Waals surface area contributed by atoms with E-state index in [0.717, 1.165) is 57.5 Å². The van der Waals surface area contributed by atoms with E-state index in [-0.39, 0.29) is 17.6 Å². The second-order valence-corrected chi connectivity index (χ2v) is 6.86. The highest BCUT2D eigenvalue weighted by molar-refractivity contribution is 6.05. The highest BCUT2D eigenvalue weighted by Crippen LogP contribution is 2.31. The summed E-state index contributed by atoms with van der Waals surface area (Å²) in [5.41, 5.74) is 2.24. The number of amides is 2. The molecule has 0 unspecified atom stereocenters. The molecule has 2 amide bonds. The van der Waals surface area contributed by atoms with Crippen LogP contribution in [0.5, 0.6) is 0 Å². The van der Waals surface area contributed by atoms with Crippen molar-refractivity contribution in [2.24, 2.45) is 0 Å². The highest BCUT2D eigenvalue weighted by atomic mass is 16.3. The van der Waals surface area contributed by atoms with Gasteiger partial charge >= 0.3 is 0 Å². The Bertz CT molecular complexity index is 789. The Labute approximate surface area is 152 Å². The third kappa shape index (κ3) is 3.31. The SMILES string of the molecule is O=C(Nc1cc(C(=O)N2CCCC2)ccc1N1CCCC1)c1ccco1. The van der Waals surface area contributed by atoms with Crippen molar-refractivity contribution < 1.29 is 14.0 Å². The van der Waals surface area contributed by atoms with Gasteiger partial charge in [-0.2, -0.15) is 0 Å². The van der Waals surface area contributed by atoms with E-state index in [9.17, 15) is 9.59 Å². The molecule has 1 aromatic carbocycles. The number of carbonyl (C=O) groups is 2. The molecule has 1 aromatic heterocycles. The third-order valence-corrected chi connectivity index (χ3v) is 5.08. The van der Waals surface area contributed by atoms with Crippen molar-refractivity contribution in [1.82, 2.24) is 4.90 Å². The largest absolute Gasteiger partial charge is 0.459 e. The first kappa shape index (κ1) is 16.7.